The molecule has 0 aromatic carbocycles. The first-order valence-electron chi connectivity index (χ1n) is 9.77. The second-order valence-electron chi connectivity index (χ2n) is 6.75. The fourth-order valence-corrected chi connectivity index (χ4v) is 2.80. The quantitative estimate of drug-likeness (QED) is 0.241. The van der Waals surface area contributed by atoms with Crippen molar-refractivity contribution in [2.45, 2.75) is 97.8 Å². The van der Waals surface area contributed by atoms with Gasteiger partial charge in [-0.1, -0.05) is 84.6 Å². The molecule has 0 rings (SSSR count). The van der Waals surface area contributed by atoms with E-state index in [9.17, 15) is 0 Å². The molecule has 132 valence electrons. The van der Waals surface area contributed by atoms with Crippen molar-refractivity contribution in [1.29, 1.82) is 0 Å². The molecule has 0 saturated heterocycles. The highest BCUT2D eigenvalue weighted by atomic mass is 15.6. The van der Waals surface area contributed by atoms with E-state index in [0.717, 1.165) is 5.70 Å². The largest absolute Gasteiger partial charge is 0.314 e. The summed E-state index contributed by atoms with van der Waals surface area (Å²) in [6.07, 6.45) is 16.5. The van der Waals surface area contributed by atoms with Crippen molar-refractivity contribution >= 4 is 0 Å². The van der Waals surface area contributed by atoms with E-state index in [1.165, 1.54) is 90.1 Å². The number of unbranched alkanes of at least 4 members (excludes halogenated alkanes) is 10. The lowest BCUT2D eigenvalue weighted by Gasteiger charge is -2.34. The number of allylic oxidation sites excluding steroid dienone is 1. The van der Waals surface area contributed by atoms with Crippen LogP contribution < -0.4 is 0 Å². The molecule has 0 aliphatic rings. The van der Waals surface area contributed by atoms with Gasteiger partial charge in [0.15, 0.2) is 0 Å². The van der Waals surface area contributed by atoms with Gasteiger partial charge in [0.05, 0.1) is 0 Å². The lowest BCUT2D eigenvalue weighted by atomic mass is 10.1. The SMILES string of the molecule is C=C(C)N(C)N(CCCCCCCC)CCCCCCCC. The van der Waals surface area contributed by atoms with Crippen molar-refractivity contribution < 1.29 is 0 Å². The van der Waals surface area contributed by atoms with E-state index in [-0.39, 0.29) is 0 Å². The summed E-state index contributed by atoms with van der Waals surface area (Å²) in [4.78, 5) is 0. The molecular formula is C20H42N2. The molecule has 0 bridgehead atoms. The molecular weight excluding hydrogens is 268 g/mol. The van der Waals surface area contributed by atoms with Gasteiger partial charge in [0, 0.05) is 25.8 Å². The number of hydrogen-bond acceptors (Lipinski definition) is 2. The van der Waals surface area contributed by atoms with Crippen LogP contribution in [0.15, 0.2) is 12.3 Å². The molecule has 22 heavy (non-hydrogen) atoms. The third kappa shape index (κ3) is 12.1. The van der Waals surface area contributed by atoms with Gasteiger partial charge in [0.2, 0.25) is 0 Å². The molecule has 0 radical (unpaired) electrons. The van der Waals surface area contributed by atoms with Gasteiger partial charge in [-0.3, -0.25) is 0 Å². The highest BCUT2D eigenvalue weighted by molar-refractivity contribution is 4.84. The van der Waals surface area contributed by atoms with E-state index in [0.29, 0.717) is 0 Å². The van der Waals surface area contributed by atoms with Crippen LogP contribution in [0.4, 0.5) is 0 Å². The molecule has 0 unspecified atom stereocenters. The maximum Gasteiger partial charge on any atom is 0.0230 e. The molecule has 0 amide bonds. The zero-order valence-corrected chi connectivity index (χ0v) is 16.0. The Morgan fingerprint density at radius 1 is 0.682 bits per heavy atom. The van der Waals surface area contributed by atoms with Gasteiger partial charge >= 0.3 is 0 Å². The zero-order chi connectivity index (χ0) is 16.6. The normalized spacial score (nSPS) is 11.1. The first-order valence-corrected chi connectivity index (χ1v) is 9.77. The fourth-order valence-electron chi connectivity index (χ4n) is 2.80. The summed E-state index contributed by atoms with van der Waals surface area (Å²) in [6.45, 7) is 13.1. The van der Waals surface area contributed by atoms with Crippen LogP contribution in [0, 0.1) is 0 Å². The average molecular weight is 311 g/mol. The lowest BCUT2D eigenvalue weighted by molar-refractivity contribution is 0.0301. The maximum absolute atomic E-state index is 4.10. The summed E-state index contributed by atoms with van der Waals surface area (Å²) in [5.41, 5.74) is 1.15. The van der Waals surface area contributed by atoms with Crippen LogP contribution >= 0.6 is 0 Å². The lowest BCUT2D eigenvalue weighted by Crippen LogP contribution is -2.39. The van der Waals surface area contributed by atoms with E-state index in [4.69, 9.17) is 0 Å². The summed E-state index contributed by atoms with van der Waals surface area (Å²) in [5.74, 6) is 0. The fraction of sp³-hybridized carbons (Fsp3) is 0.900. The minimum Gasteiger partial charge on any atom is -0.314 e. The summed E-state index contributed by atoms with van der Waals surface area (Å²) in [7, 11) is 2.16. The molecule has 0 spiro atoms. The van der Waals surface area contributed by atoms with Crippen LogP contribution in [0.1, 0.15) is 97.8 Å². The molecule has 0 aliphatic heterocycles. The predicted molar refractivity (Wildman–Crippen MR) is 101 cm³/mol. The third-order valence-electron chi connectivity index (χ3n) is 4.52. The Balaban J connectivity index is 3.88. The Kier molecular flexibility index (Phi) is 15.0. The van der Waals surface area contributed by atoms with Gasteiger partial charge in [-0.25, -0.2) is 5.01 Å². The molecule has 0 fully saturated rings. The second-order valence-corrected chi connectivity index (χ2v) is 6.75. The van der Waals surface area contributed by atoms with Crippen LogP contribution in [0.25, 0.3) is 0 Å². The Morgan fingerprint density at radius 2 is 1.05 bits per heavy atom. The minimum atomic E-state index is 1.15. The van der Waals surface area contributed by atoms with Crippen molar-refractivity contribution in [2.24, 2.45) is 0 Å². The smallest absolute Gasteiger partial charge is 0.0230 e. The average Bonchev–Trinajstić information content (AvgIpc) is 2.51. The zero-order valence-electron chi connectivity index (χ0n) is 16.0. The molecule has 0 heterocycles. The van der Waals surface area contributed by atoms with E-state index < -0.39 is 0 Å². The minimum absolute atomic E-state index is 1.15. The Hall–Kier alpha value is -0.500. The maximum atomic E-state index is 4.10. The number of hydrazine groups is 1. The van der Waals surface area contributed by atoms with Gasteiger partial charge in [-0.05, 0) is 19.8 Å². The molecule has 0 aromatic rings. The Bertz CT molecular complexity index is 234. The van der Waals surface area contributed by atoms with Crippen LogP contribution in [-0.4, -0.2) is 30.2 Å². The van der Waals surface area contributed by atoms with E-state index in [1.807, 2.05) is 0 Å². The number of hydrogen-bond donors (Lipinski definition) is 0. The van der Waals surface area contributed by atoms with Gasteiger partial charge in [-0.2, -0.15) is 0 Å². The van der Waals surface area contributed by atoms with Crippen molar-refractivity contribution in [2.75, 3.05) is 20.1 Å². The van der Waals surface area contributed by atoms with E-state index >= 15 is 0 Å². The topological polar surface area (TPSA) is 6.48 Å². The van der Waals surface area contributed by atoms with Crippen LogP contribution in [0.3, 0.4) is 0 Å². The monoisotopic (exact) mass is 310 g/mol. The van der Waals surface area contributed by atoms with Crippen molar-refractivity contribution in [1.82, 2.24) is 10.0 Å². The number of rotatable bonds is 16. The predicted octanol–water partition coefficient (Wildman–Crippen LogP) is 6.39. The third-order valence-corrected chi connectivity index (χ3v) is 4.52. The van der Waals surface area contributed by atoms with Gasteiger partial charge in [-0.15, -0.1) is 0 Å². The summed E-state index contributed by atoms with van der Waals surface area (Å²) >= 11 is 0. The molecule has 0 N–H and O–H groups in total. The molecule has 2 heteroatoms. The van der Waals surface area contributed by atoms with Crippen LogP contribution in [0.5, 0.6) is 0 Å². The molecule has 0 atom stereocenters. The van der Waals surface area contributed by atoms with Crippen molar-refractivity contribution in [3.8, 4) is 0 Å². The molecule has 0 aliphatic carbocycles. The van der Waals surface area contributed by atoms with Gasteiger partial charge in [0.1, 0.15) is 0 Å². The summed E-state index contributed by atoms with van der Waals surface area (Å²) in [6, 6.07) is 0. The first kappa shape index (κ1) is 21.5. The summed E-state index contributed by atoms with van der Waals surface area (Å²) in [5, 5.41) is 4.76. The van der Waals surface area contributed by atoms with Gasteiger partial charge < -0.3 is 5.01 Å². The second kappa shape index (κ2) is 15.4. The standard InChI is InChI=1S/C20H42N2/c1-6-8-10-12-14-16-18-22(21(5)20(3)4)19-17-15-13-11-9-7-2/h3,6-19H2,1-2,4-5H3. The first-order chi connectivity index (χ1) is 10.6. The number of nitrogens with zero attached hydrogens (tertiary/aromatic N) is 2. The van der Waals surface area contributed by atoms with Crippen molar-refractivity contribution in [3.63, 3.8) is 0 Å². The molecule has 2 nitrogen and oxygen atoms in total. The molecule has 0 aromatic heterocycles. The molecule has 0 saturated carbocycles. The van der Waals surface area contributed by atoms with Crippen LogP contribution in [0.2, 0.25) is 0 Å². The van der Waals surface area contributed by atoms with E-state index in [2.05, 4.69) is 44.4 Å². The Labute approximate surface area is 140 Å². The van der Waals surface area contributed by atoms with E-state index in [1.54, 1.807) is 0 Å². The highest BCUT2D eigenvalue weighted by Gasteiger charge is 2.10. The van der Waals surface area contributed by atoms with Crippen molar-refractivity contribution in [3.05, 3.63) is 12.3 Å². The van der Waals surface area contributed by atoms with Crippen LogP contribution in [-0.2, 0) is 0 Å². The van der Waals surface area contributed by atoms with Gasteiger partial charge in [0.25, 0.3) is 0 Å². The highest BCUT2D eigenvalue weighted by Crippen LogP contribution is 2.12. The Morgan fingerprint density at radius 3 is 1.41 bits per heavy atom. The summed E-state index contributed by atoms with van der Waals surface area (Å²) < 4.78 is 0.